The van der Waals surface area contributed by atoms with Crippen molar-refractivity contribution < 1.29 is 9.47 Å². The molecule has 0 N–H and O–H groups in total. The molecule has 8 heteroatoms. The SMILES string of the molecule is COc1ccc(N(C)c2ccc(-c3ccc(N(c4ccccc4)c4ccc(-c5ccccc5)cc4)cc3)cc2)cc1.COc1cccc(N(C)c2ccc(-c3ccc(N(c4ccccc4)c4ccc(-c5ccccc5)cc4)cc3)cc2)c1.Cc1cccc(N(C)c2ccc(-c3ccc(N(c4ccccc4)c4ccc(-c5ccccc5)cc4)cc3)cc2)c1. The van der Waals surface area contributed by atoms with Crippen molar-refractivity contribution in [3.8, 4) is 78.3 Å². The molecule has 0 amide bonds. The summed E-state index contributed by atoms with van der Waals surface area (Å²) in [6.07, 6.45) is 0. The molecule has 0 unspecified atom stereocenters. The normalized spacial score (nSPS) is 10.7. The molecule has 0 atom stereocenters. The summed E-state index contributed by atoms with van der Waals surface area (Å²) in [6.45, 7) is 2.13. The fourth-order valence-corrected chi connectivity index (χ4v) is 15.3. The molecule has 0 aliphatic heterocycles. The predicted octanol–water partition coefficient (Wildman–Crippen LogP) is 31.1. The highest BCUT2D eigenvalue weighted by Crippen LogP contribution is 2.42. The van der Waals surface area contributed by atoms with Gasteiger partial charge in [-0.15, -0.1) is 0 Å². The van der Waals surface area contributed by atoms with Crippen molar-refractivity contribution in [3.63, 3.8) is 0 Å². The molecule has 0 spiro atoms. The van der Waals surface area contributed by atoms with Crippen molar-refractivity contribution in [3.05, 3.63) is 479 Å². The number of rotatable bonds is 23. The minimum absolute atomic E-state index is 0.850. The topological polar surface area (TPSA) is 37.9 Å². The minimum atomic E-state index is 0.850. The van der Waals surface area contributed by atoms with Gasteiger partial charge in [-0.3, -0.25) is 0 Å². The van der Waals surface area contributed by atoms with Gasteiger partial charge >= 0.3 is 0 Å². The Morgan fingerprint density at radius 1 is 0.148 bits per heavy atom. The Morgan fingerprint density at radius 3 is 0.566 bits per heavy atom. The number of anilines is 15. The number of benzene rings is 18. The number of nitrogens with zero attached hydrogens (tertiary/aromatic N) is 6. The lowest BCUT2D eigenvalue weighted by molar-refractivity contribution is 0.415. The molecule has 0 bridgehead atoms. The van der Waals surface area contributed by atoms with Crippen molar-refractivity contribution in [2.24, 2.45) is 0 Å². The van der Waals surface area contributed by atoms with Crippen LogP contribution in [0.3, 0.4) is 0 Å². The van der Waals surface area contributed by atoms with Crippen molar-refractivity contribution in [2.75, 3.05) is 64.8 Å². The van der Waals surface area contributed by atoms with Gasteiger partial charge in [0, 0.05) is 113 Å². The van der Waals surface area contributed by atoms with Crippen LogP contribution in [-0.2, 0) is 0 Å². The molecular formula is C114H96N6O2. The third-order valence-corrected chi connectivity index (χ3v) is 22.2. The number of hydrogen-bond donors (Lipinski definition) is 0. The van der Waals surface area contributed by atoms with Crippen LogP contribution in [0.1, 0.15) is 5.56 Å². The van der Waals surface area contributed by atoms with E-state index in [2.05, 4.69) is 488 Å². The van der Waals surface area contributed by atoms with Gasteiger partial charge in [0.05, 0.1) is 14.2 Å². The average molecular weight is 1580 g/mol. The molecule has 122 heavy (non-hydrogen) atoms. The Kier molecular flexibility index (Phi) is 25.4. The van der Waals surface area contributed by atoms with Gasteiger partial charge in [-0.05, 0) is 273 Å². The monoisotopic (exact) mass is 1580 g/mol. The summed E-state index contributed by atoms with van der Waals surface area (Å²) in [7, 11) is 9.65. The third-order valence-electron chi connectivity index (χ3n) is 22.2. The van der Waals surface area contributed by atoms with E-state index >= 15 is 0 Å². The molecule has 8 nitrogen and oxygen atoms in total. The zero-order chi connectivity index (χ0) is 83.4. The first kappa shape index (κ1) is 80.2. The van der Waals surface area contributed by atoms with E-state index in [0.717, 1.165) is 85.4 Å². The molecule has 0 saturated heterocycles. The van der Waals surface area contributed by atoms with Gasteiger partial charge in [0.1, 0.15) is 11.5 Å². The second-order valence-corrected chi connectivity index (χ2v) is 29.9. The summed E-state index contributed by atoms with van der Waals surface area (Å²) in [4.78, 5) is 13.5. The summed E-state index contributed by atoms with van der Waals surface area (Å²) in [5, 5.41) is 0. The van der Waals surface area contributed by atoms with Crippen LogP contribution in [0.15, 0.2) is 473 Å². The molecule has 0 heterocycles. The lowest BCUT2D eigenvalue weighted by Gasteiger charge is -2.26. The summed E-state index contributed by atoms with van der Waals surface area (Å²) in [5.41, 5.74) is 32.6. The molecular weight excluding hydrogens is 1490 g/mol. The van der Waals surface area contributed by atoms with Crippen LogP contribution >= 0.6 is 0 Å². The fraction of sp³-hybridized carbons (Fsp3) is 0.0526. The second kappa shape index (κ2) is 38.6. The maximum atomic E-state index is 5.39. The lowest BCUT2D eigenvalue weighted by Crippen LogP contribution is -2.09. The Hall–Kier alpha value is -15.6. The van der Waals surface area contributed by atoms with Crippen molar-refractivity contribution in [2.45, 2.75) is 6.92 Å². The van der Waals surface area contributed by atoms with Gasteiger partial charge in [0.2, 0.25) is 0 Å². The Labute approximate surface area is 718 Å². The van der Waals surface area contributed by atoms with Gasteiger partial charge in [-0.1, -0.05) is 273 Å². The molecule has 0 radical (unpaired) electrons. The van der Waals surface area contributed by atoms with Crippen LogP contribution in [0, 0.1) is 6.92 Å². The van der Waals surface area contributed by atoms with Gasteiger partial charge in [0.15, 0.2) is 0 Å². The summed E-state index contributed by atoms with van der Waals surface area (Å²) >= 11 is 0. The molecule has 18 aromatic carbocycles. The molecule has 0 saturated carbocycles. The first-order valence-corrected chi connectivity index (χ1v) is 41.2. The van der Waals surface area contributed by atoms with Gasteiger partial charge in [0.25, 0.3) is 0 Å². The third kappa shape index (κ3) is 19.3. The maximum Gasteiger partial charge on any atom is 0.120 e. The number of methoxy groups -OCH3 is 2. The van der Waals surface area contributed by atoms with E-state index in [0.29, 0.717) is 0 Å². The number of aryl methyl sites for hydroxylation is 1. The van der Waals surface area contributed by atoms with Crippen LogP contribution in [-0.4, -0.2) is 35.4 Å². The summed E-state index contributed by atoms with van der Waals surface area (Å²) in [6, 6.07) is 167. The van der Waals surface area contributed by atoms with Crippen molar-refractivity contribution in [1.82, 2.24) is 0 Å². The van der Waals surface area contributed by atoms with Crippen LogP contribution in [0.2, 0.25) is 0 Å². The lowest BCUT2D eigenvalue weighted by atomic mass is 10.0. The zero-order valence-electron chi connectivity index (χ0n) is 69.5. The predicted molar refractivity (Wildman–Crippen MR) is 517 cm³/mol. The Morgan fingerprint density at radius 2 is 0.328 bits per heavy atom. The van der Waals surface area contributed by atoms with E-state index in [4.69, 9.17) is 9.47 Å². The Balaban J connectivity index is 0.000000136. The standard InChI is InChI=1S/2C38H32N2O.C38H32N2/c1-39(37-14-9-15-38(28-37)41-2)33-22-16-31(17-23-33)32-20-26-36(27-21-32)40(34-12-7-4-8-13-34)35-24-18-30(19-25-35)29-10-5-3-6-11-29;1-39(34-25-27-38(41-2)28-26-34)33-19-13-31(14-20-33)32-17-23-37(24-18-32)40(35-11-7-4-8-12-35)36-21-15-30(16-22-36)29-9-5-3-6-10-29;1-29-10-9-15-38(28-29)39(2)34-22-16-32(17-23-34)33-20-26-37(27-21-33)40(35-13-7-4-8-14-35)36-24-18-31(19-25-36)30-11-5-3-6-12-30/h2*3-28H,1-2H3;3-28H,1-2H3. The van der Waals surface area contributed by atoms with E-state index in [1.54, 1.807) is 14.2 Å². The quantitative estimate of drug-likeness (QED) is 0.0627. The molecule has 0 aromatic heterocycles. The van der Waals surface area contributed by atoms with E-state index < -0.39 is 0 Å². The highest BCUT2D eigenvalue weighted by atomic mass is 16.5. The van der Waals surface area contributed by atoms with E-state index in [1.165, 1.54) is 83.7 Å². The Bertz CT molecular complexity index is 6300. The highest BCUT2D eigenvalue weighted by molar-refractivity contribution is 5.85. The van der Waals surface area contributed by atoms with Gasteiger partial charge in [-0.2, -0.15) is 0 Å². The number of para-hydroxylation sites is 3. The fourth-order valence-electron chi connectivity index (χ4n) is 15.3. The van der Waals surface area contributed by atoms with Gasteiger partial charge in [-0.25, -0.2) is 0 Å². The van der Waals surface area contributed by atoms with Crippen LogP contribution in [0.25, 0.3) is 66.8 Å². The van der Waals surface area contributed by atoms with Gasteiger partial charge < -0.3 is 38.9 Å². The van der Waals surface area contributed by atoms with Crippen LogP contribution < -0.4 is 38.9 Å². The van der Waals surface area contributed by atoms with Crippen LogP contribution in [0.5, 0.6) is 11.5 Å². The second-order valence-electron chi connectivity index (χ2n) is 29.9. The summed E-state index contributed by atoms with van der Waals surface area (Å²) < 4.78 is 10.7. The smallest absolute Gasteiger partial charge is 0.120 e. The maximum absolute atomic E-state index is 5.39. The molecule has 0 fully saturated rings. The first-order chi connectivity index (χ1) is 60.0. The average Bonchev–Trinajstić information content (AvgIpc) is 0.803. The molecule has 594 valence electrons. The highest BCUT2D eigenvalue weighted by Gasteiger charge is 2.19. The molecule has 0 aliphatic rings. The molecule has 0 aliphatic carbocycles. The van der Waals surface area contributed by atoms with Crippen LogP contribution in [0.4, 0.5) is 85.3 Å². The number of ether oxygens (including phenoxy) is 2. The van der Waals surface area contributed by atoms with E-state index in [-0.39, 0.29) is 0 Å². The van der Waals surface area contributed by atoms with Crippen molar-refractivity contribution >= 4 is 85.3 Å². The first-order valence-electron chi connectivity index (χ1n) is 41.2. The number of hydrogen-bond acceptors (Lipinski definition) is 8. The largest absolute Gasteiger partial charge is 0.497 e. The zero-order valence-corrected chi connectivity index (χ0v) is 69.5. The molecule has 18 aromatic rings. The van der Waals surface area contributed by atoms with E-state index in [1.807, 2.05) is 42.5 Å². The summed E-state index contributed by atoms with van der Waals surface area (Å²) in [5.74, 6) is 1.71. The molecule has 18 rings (SSSR count). The minimum Gasteiger partial charge on any atom is -0.497 e. The van der Waals surface area contributed by atoms with E-state index in [9.17, 15) is 0 Å². The van der Waals surface area contributed by atoms with Crippen molar-refractivity contribution in [1.29, 1.82) is 0 Å².